The van der Waals surface area contributed by atoms with Gasteiger partial charge in [0.2, 0.25) is 5.91 Å². The molecule has 0 radical (unpaired) electrons. The summed E-state index contributed by atoms with van der Waals surface area (Å²) in [7, 11) is 0. The largest absolute Gasteiger partial charge is 0.376 e. The van der Waals surface area contributed by atoms with E-state index in [1.54, 1.807) is 0 Å². The minimum Gasteiger partial charge on any atom is -0.376 e. The van der Waals surface area contributed by atoms with Crippen molar-refractivity contribution in [3.63, 3.8) is 0 Å². The van der Waals surface area contributed by atoms with Crippen LogP contribution in [0.15, 0.2) is 66.9 Å². The van der Waals surface area contributed by atoms with Gasteiger partial charge in [0, 0.05) is 30.4 Å². The first-order chi connectivity index (χ1) is 14.2. The quantitative estimate of drug-likeness (QED) is 0.694. The van der Waals surface area contributed by atoms with Gasteiger partial charge in [-0.2, -0.15) is 0 Å². The van der Waals surface area contributed by atoms with Crippen molar-refractivity contribution < 1.29 is 9.53 Å². The summed E-state index contributed by atoms with van der Waals surface area (Å²) in [5, 5.41) is 0. The van der Waals surface area contributed by atoms with Gasteiger partial charge in [0.25, 0.3) is 0 Å². The van der Waals surface area contributed by atoms with E-state index in [-0.39, 0.29) is 11.3 Å². The minimum atomic E-state index is -0.244. The van der Waals surface area contributed by atoms with Gasteiger partial charge < -0.3 is 9.64 Å². The maximum absolute atomic E-state index is 12.9. The summed E-state index contributed by atoms with van der Waals surface area (Å²) < 4.78 is 5.91. The molecule has 5 rings (SSSR count). The zero-order valence-corrected chi connectivity index (χ0v) is 16.3. The predicted octanol–water partition coefficient (Wildman–Crippen LogP) is 3.39. The summed E-state index contributed by atoms with van der Waals surface area (Å²) in [5.74, 6) is 0.900. The highest BCUT2D eigenvalue weighted by Crippen LogP contribution is 2.39. The number of carbonyl (C=O) groups excluding carboxylic acids is 1. The molecular weight excluding hydrogens is 362 g/mol. The Morgan fingerprint density at radius 1 is 1.07 bits per heavy atom. The van der Waals surface area contributed by atoms with E-state index in [2.05, 4.69) is 4.98 Å². The number of carbonyl (C=O) groups is 1. The fourth-order valence-electron chi connectivity index (χ4n) is 4.40. The molecule has 1 atom stereocenters. The first-order valence-electron chi connectivity index (χ1n) is 10.0. The molecule has 0 N–H and O–H groups in total. The molecule has 0 saturated carbocycles. The summed E-state index contributed by atoms with van der Waals surface area (Å²) in [6, 6.07) is 20.0. The molecule has 1 fully saturated rings. The van der Waals surface area contributed by atoms with E-state index in [1.807, 2.05) is 71.8 Å². The topological polar surface area (TPSA) is 55.3 Å². The molecule has 2 aliphatic heterocycles. The molecule has 2 aliphatic rings. The van der Waals surface area contributed by atoms with Crippen LogP contribution in [0, 0.1) is 0 Å². The first kappa shape index (κ1) is 18.0. The zero-order valence-electron chi connectivity index (χ0n) is 16.3. The number of rotatable bonds is 3. The molecule has 146 valence electrons. The van der Waals surface area contributed by atoms with Crippen LogP contribution in [0.3, 0.4) is 0 Å². The molecule has 1 unspecified atom stereocenters. The SMILES string of the molecule is O=C(Cc1ccccc1)N1CCC2(COCc3cnc(-c4ccccc4)nc32)C1. The molecule has 1 aromatic heterocycles. The third-order valence-corrected chi connectivity index (χ3v) is 5.94. The molecule has 0 bridgehead atoms. The molecule has 3 aromatic rings. The van der Waals surface area contributed by atoms with Gasteiger partial charge in [-0.05, 0) is 12.0 Å². The Bertz CT molecular complexity index is 1020. The number of ether oxygens (including phenoxy) is 1. The van der Waals surface area contributed by atoms with Gasteiger partial charge in [-0.3, -0.25) is 4.79 Å². The van der Waals surface area contributed by atoms with Gasteiger partial charge in [0.05, 0.1) is 30.7 Å². The smallest absolute Gasteiger partial charge is 0.227 e. The monoisotopic (exact) mass is 385 g/mol. The van der Waals surface area contributed by atoms with E-state index in [4.69, 9.17) is 9.72 Å². The maximum Gasteiger partial charge on any atom is 0.227 e. The van der Waals surface area contributed by atoms with E-state index in [9.17, 15) is 4.79 Å². The predicted molar refractivity (Wildman–Crippen MR) is 110 cm³/mol. The van der Waals surface area contributed by atoms with Crippen LogP contribution in [0.4, 0.5) is 0 Å². The van der Waals surface area contributed by atoms with Gasteiger partial charge in [0.15, 0.2) is 5.82 Å². The Morgan fingerprint density at radius 2 is 1.83 bits per heavy atom. The Hall–Kier alpha value is -3.05. The Kier molecular flexibility index (Phi) is 4.60. The lowest BCUT2D eigenvalue weighted by Crippen LogP contribution is -2.42. The van der Waals surface area contributed by atoms with Crippen LogP contribution in [-0.2, 0) is 28.0 Å². The summed E-state index contributed by atoms with van der Waals surface area (Å²) in [6.45, 7) is 2.51. The van der Waals surface area contributed by atoms with Crippen molar-refractivity contribution in [2.24, 2.45) is 0 Å². The lowest BCUT2D eigenvalue weighted by Gasteiger charge is -2.34. The maximum atomic E-state index is 12.9. The molecule has 5 nitrogen and oxygen atoms in total. The van der Waals surface area contributed by atoms with Gasteiger partial charge in [-0.1, -0.05) is 60.7 Å². The van der Waals surface area contributed by atoms with Crippen LogP contribution >= 0.6 is 0 Å². The van der Waals surface area contributed by atoms with Crippen LogP contribution in [0.5, 0.6) is 0 Å². The third-order valence-electron chi connectivity index (χ3n) is 5.94. The van der Waals surface area contributed by atoms with E-state index < -0.39 is 0 Å². The molecule has 3 heterocycles. The van der Waals surface area contributed by atoms with Crippen LogP contribution in [0.25, 0.3) is 11.4 Å². The number of amides is 1. The van der Waals surface area contributed by atoms with Crippen molar-refractivity contribution in [3.05, 3.63) is 83.7 Å². The van der Waals surface area contributed by atoms with Crippen molar-refractivity contribution >= 4 is 5.91 Å². The van der Waals surface area contributed by atoms with Crippen molar-refractivity contribution in [1.82, 2.24) is 14.9 Å². The Labute approximate surface area is 170 Å². The highest BCUT2D eigenvalue weighted by Gasteiger charge is 2.46. The van der Waals surface area contributed by atoms with Crippen LogP contribution in [-0.4, -0.2) is 40.5 Å². The second kappa shape index (κ2) is 7.41. The fraction of sp³-hybridized carbons (Fsp3) is 0.292. The van der Waals surface area contributed by atoms with Crippen molar-refractivity contribution in [1.29, 1.82) is 0 Å². The summed E-state index contributed by atoms with van der Waals surface area (Å²) in [6.07, 6.45) is 3.19. The number of hydrogen-bond acceptors (Lipinski definition) is 4. The third kappa shape index (κ3) is 3.42. The molecule has 0 aliphatic carbocycles. The molecule has 1 spiro atoms. The lowest BCUT2D eigenvalue weighted by molar-refractivity contribution is -0.129. The van der Waals surface area contributed by atoms with Crippen LogP contribution < -0.4 is 0 Å². The van der Waals surface area contributed by atoms with E-state index in [0.717, 1.165) is 41.2 Å². The lowest BCUT2D eigenvalue weighted by atomic mass is 9.80. The van der Waals surface area contributed by atoms with E-state index in [1.165, 1.54) is 0 Å². The summed E-state index contributed by atoms with van der Waals surface area (Å²) >= 11 is 0. The molecule has 2 aromatic carbocycles. The van der Waals surface area contributed by atoms with Gasteiger partial charge >= 0.3 is 0 Å². The van der Waals surface area contributed by atoms with Gasteiger partial charge in [-0.15, -0.1) is 0 Å². The first-order valence-corrected chi connectivity index (χ1v) is 10.0. The summed E-state index contributed by atoms with van der Waals surface area (Å²) in [5.41, 5.74) is 3.90. The molecule has 1 amide bonds. The zero-order chi connectivity index (χ0) is 19.7. The second-order valence-electron chi connectivity index (χ2n) is 7.93. The Morgan fingerprint density at radius 3 is 2.62 bits per heavy atom. The van der Waals surface area contributed by atoms with Crippen molar-refractivity contribution in [2.45, 2.75) is 24.9 Å². The highest BCUT2D eigenvalue weighted by atomic mass is 16.5. The number of nitrogens with zero attached hydrogens (tertiary/aromatic N) is 3. The molecular formula is C24H23N3O2. The normalized spacial score (nSPS) is 20.6. The number of aromatic nitrogens is 2. The van der Waals surface area contributed by atoms with E-state index in [0.29, 0.717) is 26.2 Å². The van der Waals surface area contributed by atoms with Crippen molar-refractivity contribution in [2.75, 3.05) is 19.7 Å². The molecule has 29 heavy (non-hydrogen) atoms. The van der Waals surface area contributed by atoms with Crippen LogP contribution in [0.2, 0.25) is 0 Å². The second-order valence-corrected chi connectivity index (χ2v) is 7.93. The molecule has 5 heteroatoms. The van der Waals surface area contributed by atoms with Crippen LogP contribution in [0.1, 0.15) is 23.2 Å². The molecule has 1 saturated heterocycles. The average molecular weight is 385 g/mol. The van der Waals surface area contributed by atoms with E-state index >= 15 is 0 Å². The van der Waals surface area contributed by atoms with Gasteiger partial charge in [-0.25, -0.2) is 9.97 Å². The summed E-state index contributed by atoms with van der Waals surface area (Å²) in [4.78, 5) is 24.4. The number of likely N-dealkylation sites (tertiary alicyclic amines) is 1. The van der Waals surface area contributed by atoms with Crippen molar-refractivity contribution in [3.8, 4) is 11.4 Å². The minimum absolute atomic E-state index is 0.164. The Balaban J connectivity index is 1.42. The number of hydrogen-bond donors (Lipinski definition) is 0. The number of fused-ring (bicyclic) bond motifs is 2. The highest BCUT2D eigenvalue weighted by molar-refractivity contribution is 5.79. The number of benzene rings is 2. The average Bonchev–Trinajstić information content (AvgIpc) is 3.20. The standard InChI is InChI=1S/C24H23N3O2/c28-21(13-18-7-3-1-4-8-18)27-12-11-24(16-27)17-29-15-20-14-25-23(26-22(20)24)19-9-5-2-6-10-19/h1-10,14H,11-13,15-17H2. The van der Waals surface area contributed by atoms with Gasteiger partial charge in [0.1, 0.15) is 0 Å². The fourth-order valence-corrected chi connectivity index (χ4v) is 4.40.